The Balaban J connectivity index is 1.54. The van der Waals surface area contributed by atoms with Crippen molar-refractivity contribution >= 4 is 12.1 Å². The third-order valence-electron chi connectivity index (χ3n) is 6.67. The standard InChI is InChI=1S/C32H45NO8/c1-7-38-30(34)23(2)40-29-21-33(31(35)41-32(3,4)5)18-17-27(29)24-13-15-26(16-14-24)39-20-10-19-37-22-25-11-8-9-12-28(25)36-6/h8-9,11-16,23,27,29H,7,10,17-22H2,1-6H3. The van der Waals surface area contributed by atoms with Crippen molar-refractivity contribution in [2.75, 3.05) is 40.0 Å². The molecule has 0 radical (unpaired) electrons. The molecule has 3 rings (SSSR count). The molecular formula is C32H45NO8. The molecule has 1 aliphatic rings. The Labute approximate surface area is 244 Å². The van der Waals surface area contributed by atoms with Crippen LogP contribution in [0.5, 0.6) is 11.5 Å². The Hall–Kier alpha value is -3.30. The SMILES string of the molecule is CCOC(=O)C(C)OC1CN(C(=O)OC(C)(C)C)CCC1c1ccc(OCCCOCc2ccccc2OC)cc1. The van der Waals surface area contributed by atoms with E-state index in [-0.39, 0.29) is 18.6 Å². The minimum Gasteiger partial charge on any atom is -0.496 e. The van der Waals surface area contributed by atoms with Crippen LogP contribution in [0.3, 0.4) is 0 Å². The number of methoxy groups -OCH3 is 1. The summed E-state index contributed by atoms with van der Waals surface area (Å²) >= 11 is 0. The molecular weight excluding hydrogens is 526 g/mol. The summed E-state index contributed by atoms with van der Waals surface area (Å²) in [6, 6.07) is 15.7. The number of carbonyl (C=O) groups is 2. The third kappa shape index (κ3) is 10.2. The summed E-state index contributed by atoms with van der Waals surface area (Å²) in [5.41, 5.74) is 1.48. The molecule has 1 saturated heterocycles. The number of likely N-dealkylation sites (tertiary alicyclic amines) is 1. The van der Waals surface area contributed by atoms with Crippen LogP contribution in [-0.2, 0) is 30.3 Å². The van der Waals surface area contributed by atoms with Crippen LogP contribution in [0.15, 0.2) is 48.5 Å². The highest BCUT2D eigenvalue weighted by Crippen LogP contribution is 2.33. The molecule has 2 aromatic rings. The van der Waals surface area contributed by atoms with Gasteiger partial charge in [0.05, 0.1) is 46.2 Å². The molecule has 3 unspecified atom stereocenters. The molecule has 0 aromatic heterocycles. The number of hydrogen-bond donors (Lipinski definition) is 0. The molecule has 2 aromatic carbocycles. The number of ether oxygens (including phenoxy) is 6. The van der Waals surface area contributed by atoms with Gasteiger partial charge in [0.2, 0.25) is 0 Å². The van der Waals surface area contributed by atoms with E-state index >= 15 is 0 Å². The topological polar surface area (TPSA) is 92.8 Å². The van der Waals surface area contributed by atoms with Gasteiger partial charge in [0.1, 0.15) is 17.1 Å². The lowest BCUT2D eigenvalue weighted by Gasteiger charge is -2.39. The summed E-state index contributed by atoms with van der Waals surface area (Å²) in [5, 5.41) is 0. The maximum absolute atomic E-state index is 12.8. The number of rotatable bonds is 13. The van der Waals surface area contributed by atoms with Gasteiger partial charge in [0.25, 0.3) is 0 Å². The van der Waals surface area contributed by atoms with Gasteiger partial charge in [-0.1, -0.05) is 30.3 Å². The number of esters is 1. The Morgan fingerprint density at radius 3 is 2.46 bits per heavy atom. The molecule has 0 N–H and O–H groups in total. The fourth-order valence-corrected chi connectivity index (χ4v) is 4.67. The van der Waals surface area contributed by atoms with Crippen LogP contribution in [0.1, 0.15) is 64.5 Å². The minimum absolute atomic E-state index is 0.0111. The summed E-state index contributed by atoms with van der Waals surface area (Å²) in [7, 11) is 1.65. The number of benzene rings is 2. The van der Waals surface area contributed by atoms with Gasteiger partial charge in [-0.15, -0.1) is 0 Å². The second-order valence-electron chi connectivity index (χ2n) is 11.0. The molecule has 1 aliphatic heterocycles. The molecule has 0 saturated carbocycles. The fraction of sp³-hybridized carbons (Fsp3) is 0.562. The molecule has 41 heavy (non-hydrogen) atoms. The maximum atomic E-state index is 12.8. The van der Waals surface area contributed by atoms with Crippen LogP contribution in [-0.4, -0.2) is 74.8 Å². The zero-order chi connectivity index (χ0) is 29.8. The maximum Gasteiger partial charge on any atom is 0.410 e. The van der Waals surface area contributed by atoms with Crippen molar-refractivity contribution in [1.82, 2.24) is 4.90 Å². The smallest absolute Gasteiger partial charge is 0.410 e. The summed E-state index contributed by atoms with van der Waals surface area (Å²) in [5.74, 6) is 1.16. The summed E-state index contributed by atoms with van der Waals surface area (Å²) in [6.45, 7) is 11.7. The molecule has 1 amide bonds. The highest BCUT2D eigenvalue weighted by atomic mass is 16.6. The lowest BCUT2D eigenvalue weighted by molar-refractivity contribution is -0.161. The number of amides is 1. The molecule has 3 atom stereocenters. The van der Waals surface area contributed by atoms with E-state index in [1.54, 1.807) is 25.9 Å². The van der Waals surface area contributed by atoms with Crippen molar-refractivity contribution in [3.63, 3.8) is 0 Å². The molecule has 9 heteroatoms. The predicted molar refractivity (Wildman–Crippen MR) is 155 cm³/mol. The summed E-state index contributed by atoms with van der Waals surface area (Å²) in [4.78, 5) is 26.7. The van der Waals surface area contributed by atoms with Crippen LogP contribution >= 0.6 is 0 Å². The van der Waals surface area contributed by atoms with Gasteiger partial charge >= 0.3 is 12.1 Å². The Kier molecular flexibility index (Phi) is 12.3. The van der Waals surface area contributed by atoms with Crippen molar-refractivity contribution in [3.05, 3.63) is 59.7 Å². The van der Waals surface area contributed by atoms with Crippen molar-refractivity contribution in [2.45, 2.75) is 77.8 Å². The van der Waals surface area contributed by atoms with E-state index in [4.69, 9.17) is 28.4 Å². The highest BCUT2D eigenvalue weighted by Gasteiger charge is 2.37. The lowest BCUT2D eigenvalue weighted by atomic mass is 9.87. The lowest BCUT2D eigenvalue weighted by Crippen LogP contribution is -2.49. The zero-order valence-electron chi connectivity index (χ0n) is 25.2. The Morgan fingerprint density at radius 2 is 1.78 bits per heavy atom. The summed E-state index contributed by atoms with van der Waals surface area (Å²) in [6.07, 6.45) is -0.120. The minimum atomic E-state index is -0.756. The largest absolute Gasteiger partial charge is 0.496 e. The average Bonchev–Trinajstić information content (AvgIpc) is 2.94. The van der Waals surface area contributed by atoms with E-state index in [9.17, 15) is 9.59 Å². The van der Waals surface area contributed by atoms with Crippen molar-refractivity contribution in [1.29, 1.82) is 0 Å². The molecule has 1 fully saturated rings. The van der Waals surface area contributed by atoms with E-state index in [1.807, 2.05) is 69.3 Å². The van der Waals surface area contributed by atoms with E-state index in [2.05, 4.69) is 0 Å². The van der Waals surface area contributed by atoms with E-state index < -0.39 is 23.8 Å². The molecule has 226 valence electrons. The quantitative estimate of drug-likeness (QED) is 0.222. The van der Waals surface area contributed by atoms with Gasteiger partial charge in [-0.05, 0) is 64.8 Å². The van der Waals surface area contributed by atoms with Crippen LogP contribution in [0.4, 0.5) is 4.79 Å². The van der Waals surface area contributed by atoms with Crippen LogP contribution in [0.25, 0.3) is 0 Å². The summed E-state index contributed by atoms with van der Waals surface area (Å²) < 4.78 is 34.0. The van der Waals surface area contributed by atoms with Crippen molar-refractivity contribution in [2.24, 2.45) is 0 Å². The predicted octanol–water partition coefficient (Wildman–Crippen LogP) is 5.74. The first-order chi connectivity index (χ1) is 19.6. The van der Waals surface area contributed by atoms with E-state index in [0.717, 1.165) is 29.0 Å². The van der Waals surface area contributed by atoms with Gasteiger partial charge in [-0.25, -0.2) is 9.59 Å². The first kappa shape index (κ1) is 32.2. The van der Waals surface area contributed by atoms with Crippen molar-refractivity contribution < 1.29 is 38.0 Å². The highest BCUT2D eigenvalue weighted by molar-refractivity contribution is 5.74. The first-order valence-corrected chi connectivity index (χ1v) is 14.3. The second-order valence-corrected chi connectivity index (χ2v) is 11.0. The number of nitrogens with zero attached hydrogens (tertiary/aromatic N) is 1. The number of carbonyl (C=O) groups excluding carboxylic acids is 2. The van der Waals surface area contributed by atoms with Gasteiger partial charge in [0.15, 0.2) is 6.10 Å². The van der Waals surface area contributed by atoms with E-state index in [0.29, 0.717) is 39.3 Å². The Bertz CT molecular complexity index is 1100. The van der Waals surface area contributed by atoms with Gasteiger partial charge < -0.3 is 33.3 Å². The van der Waals surface area contributed by atoms with Gasteiger partial charge in [-0.3, -0.25) is 0 Å². The molecule has 1 heterocycles. The van der Waals surface area contributed by atoms with Gasteiger partial charge in [0, 0.05) is 24.4 Å². The van der Waals surface area contributed by atoms with Crippen LogP contribution in [0.2, 0.25) is 0 Å². The van der Waals surface area contributed by atoms with Gasteiger partial charge in [-0.2, -0.15) is 0 Å². The average molecular weight is 572 g/mol. The zero-order valence-corrected chi connectivity index (χ0v) is 25.2. The normalized spacial score (nSPS) is 18.0. The second kappa shape index (κ2) is 15.6. The number of hydrogen-bond acceptors (Lipinski definition) is 8. The Morgan fingerprint density at radius 1 is 1.05 bits per heavy atom. The van der Waals surface area contributed by atoms with E-state index in [1.165, 1.54) is 0 Å². The molecule has 0 aliphatic carbocycles. The van der Waals surface area contributed by atoms with Crippen molar-refractivity contribution in [3.8, 4) is 11.5 Å². The monoisotopic (exact) mass is 571 g/mol. The molecule has 0 bridgehead atoms. The van der Waals surface area contributed by atoms with Crippen LogP contribution < -0.4 is 9.47 Å². The molecule has 0 spiro atoms. The fourth-order valence-electron chi connectivity index (χ4n) is 4.67. The third-order valence-corrected chi connectivity index (χ3v) is 6.67. The number of piperidine rings is 1. The molecule has 9 nitrogen and oxygen atoms in total. The number of para-hydroxylation sites is 1. The van der Waals surface area contributed by atoms with Crippen LogP contribution in [0, 0.1) is 0 Å². The first-order valence-electron chi connectivity index (χ1n) is 14.3.